The monoisotopic (exact) mass is 490 g/mol. The van der Waals surface area contributed by atoms with Crippen molar-refractivity contribution in [1.29, 1.82) is 0 Å². The quantitative estimate of drug-likeness (QED) is 0.492. The van der Waals surface area contributed by atoms with Crippen LogP contribution in [0.4, 0.5) is 0 Å². The summed E-state index contributed by atoms with van der Waals surface area (Å²) in [5, 5.41) is 9.38. The summed E-state index contributed by atoms with van der Waals surface area (Å²) in [6, 6.07) is 12.1. The van der Waals surface area contributed by atoms with Crippen LogP contribution >= 0.6 is 15.9 Å². The molecule has 0 radical (unpaired) electrons. The number of halogens is 1. The van der Waals surface area contributed by atoms with Gasteiger partial charge in [-0.05, 0) is 60.6 Å². The summed E-state index contributed by atoms with van der Waals surface area (Å²) < 4.78 is 1.01. The topological polar surface area (TPSA) is 26.7 Å². The Balaban J connectivity index is 0.000000231. The lowest BCUT2D eigenvalue weighted by atomic mass is 9.96. The third-order valence-electron chi connectivity index (χ3n) is 5.87. The Kier molecular flexibility index (Phi) is 11.8. The zero-order valence-corrected chi connectivity index (χ0v) is 21.2. The van der Waals surface area contributed by atoms with Gasteiger partial charge >= 0.3 is 0 Å². The van der Waals surface area contributed by atoms with E-state index in [0.29, 0.717) is 17.6 Å². The highest BCUT2D eigenvalue weighted by atomic mass is 79.9. The van der Waals surface area contributed by atoms with Gasteiger partial charge in [-0.1, -0.05) is 74.8 Å². The Labute approximate surface area is 199 Å². The first-order chi connectivity index (χ1) is 14.2. The minimum atomic E-state index is 0. The molecular weight excluding hydrogens is 448 g/mol. The molecule has 3 fully saturated rings. The average molecular weight is 492 g/mol. The molecule has 0 aliphatic carbocycles. The number of hydrogen-bond acceptors (Lipinski definition) is 3. The van der Waals surface area contributed by atoms with E-state index in [0.717, 1.165) is 10.0 Å². The second kappa shape index (κ2) is 13.2. The molecule has 3 saturated heterocycles. The van der Waals surface area contributed by atoms with E-state index in [1.54, 1.807) is 6.07 Å². The van der Waals surface area contributed by atoms with E-state index in [4.69, 9.17) is 0 Å². The van der Waals surface area contributed by atoms with E-state index in [9.17, 15) is 5.11 Å². The highest BCUT2D eigenvalue weighted by Crippen LogP contribution is 2.28. The van der Waals surface area contributed by atoms with Gasteiger partial charge in [0.05, 0.1) is 0 Å². The lowest BCUT2D eigenvalue weighted by Gasteiger charge is -2.41. The van der Waals surface area contributed by atoms with Crippen molar-refractivity contribution in [3.8, 4) is 5.75 Å². The van der Waals surface area contributed by atoms with Gasteiger partial charge in [0, 0.05) is 43.7 Å². The first-order valence-corrected chi connectivity index (χ1v) is 12.0. The number of benzene rings is 2. The van der Waals surface area contributed by atoms with Crippen molar-refractivity contribution in [2.45, 2.75) is 60.8 Å². The van der Waals surface area contributed by atoms with Crippen LogP contribution in [0.15, 0.2) is 40.9 Å². The molecule has 31 heavy (non-hydrogen) atoms. The van der Waals surface area contributed by atoms with Gasteiger partial charge in [-0.15, -0.1) is 0 Å². The minimum absolute atomic E-state index is 0. The van der Waals surface area contributed by atoms with Crippen molar-refractivity contribution in [2.24, 2.45) is 0 Å². The zero-order valence-electron chi connectivity index (χ0n) is 19.6. The summed E-state index contributed by atoms with van der Waals surface area (Å²) in [6.07, 6.45) is 0. The van der Waals surface area contributed by atoms with Crippen LogP contribution in [0, 0.1) is 13.8 Å². The zero-order chi connectivity index (χ0) is 22.3. The van der Waals surface area contributed by atoms with Gasteiger partial charge in [-0.3, -0.25) is 9.80 Å². The molecule has 3 aliphatic rings. The molecule has 0 spiro atoms. The molecule has 5 rings (SSSR count). The number of phenols is 1. The number of nitrogens with zero attached hydrogens (tertiary/aromatic N) is 2. The van der Waals surface area contributed by atoms with Crippen molar-refractivity contribution in [1.82, 2.24) is 9.80 Å². The van der Waals surface area contributed by atoms with Crippen LogP contribution < -0.4 is 0 Å². The number of rotatable bonds is 2. The highest BCUT2D eigenvalue weighted by molar-refractivity contribution is 9.10. The lowest BCUT2D eigenvalue weighted by molar-refractivity contribution is 0.0647. The average Bonchev–Trinajstić information content (AvgIpc) is 2.73. The van der Waals surface area contributed by atoms with Crippen LogP contribution in [-0.4, -0.2) is 54.2 Å². The maximum absolute atomic E-state index is 9.38. The molecule has 4 heteroatoms. The summed E-state index contributed by atoms with van der Waals surface area (Å²) in [7, 11) is 0. The number of phenolic OH excluding ortho intramolecular Hbond substituents is 1. The molecule has 2 aromatic carbocycles. The standard InChI is InChI=1S/C11H16.C9H11BrO.C6H12N2.CH4/c1-8(2)11-7-9(3)5-6-10(11)4;1-6(2)8-5-7(10)3-4-9(8)11;1-2-8-5-3-7(1)4-6-8;/h5-8H,1-4H3;3-6,11H,1-2H3;1-6H2;1H4. The van der Waals surface area contributed by atoms with Gasteiger partial charge in [0.2, 0.25) is 0 Å². The molecule has 3 heterocycles. The minimum Gasteiger partial charge on any atom is -0.508 e. The fourth-order valence-electron chi connectivity index (χ4n) is 3.89. The fraction of sp³-hybridized carbons (Fsp3) is 0.556. The lowest BCUT2D eigenvalue weighted by Crippen LogP contribution is -2.55. The highest BCUT2D eigenvalue weighted by Gasteiger charge is 2.21. The second-order valence-electron chi connectivity index (χ2n) is 9.06. The molecule has 0 aromatic heterocycles. The van der Waals surface area contributed by atoms with E-state index < -0.39 is 0 Å². The van der Waals surface area contributed by atoms with E-state index in [1.165, 1.54) is 56.0 Å². The first kappa shape index (κ1) is 27.7. The van der Waals surface area contributed by atoms with Crippen LogP contribution in [0.5, 0.6) is 5.75 Å². The van der Waals surface area contributed by atoms with Crippen LogP contribution in [0.2, 0.25) is 0 Å². The maximum Gasteiger partial charge on any atom is 0.119 e. The summed E-state index contributed by atoms with van der Waals surface area (Å²) >= 11 is 3.35. The molecule has 3 aliphatic heterocycles. The predicted molar refractivity (Wildman–Crippen MR) is 140 cm³/mol. The number of aromatic hydroxyl groups is 1. The molecule has 2 bridgehead atoms. The van der Waals surface area contributed by atoms with Gasteiger partial charge in [0.1, 0.15) is 5.75 Å². The van der Waals surface area contributed by atoms with Crippen LogP contribution in [0.25, 0.3) is 0 Å². The Morgan fingerprint density at radius 1 is 0.742 bits per heavy atom. The Morgan fingerprint density at radius 2 is 1.23 bits per heavy atom. The van der Waals surface area contributed by atoms with Gasteiger partial charge in [-0.25, -0.2) is 0 Å². The van der Waals surface area contributed by atoms with Crippen molar-refractivity contribution < 1.29 is 5.11 Å². The van der Waals surface area contributed by atoms with Crippen LogP contribution in [-0.2, 0) is 0 Å². The summed E-state index contributed by atoms with van der Waals surface area (Å²) in [6.45, 7) is 20.8. The van der Waals surface area contributed by atoms with Crippen LogP contribution in [0.1, 0.15) is 69.2 Å². The van der Waals surface area contributed by atoms with E-state index in [2.05, 4.69) is 85.5 Å². The van der Waals surface area contributed by atoms with Gasteiger partial charge in [-0.2, -0.15) is 0 Å². The van der Waals surface area contributed by atoms with Gasteiger partial charge in [0.15, 0.2) is 0 Å². The molecule has 3 nitrogen and oxygen atoms in total. The Bertz CT molecular complexity index is 717. The van der Waals surface area contributed by atoms with Crippen molar-refractivity contribution in [2.75, 3.05) is 39.3 Å². The summed E-state index contributed by atoms with van der Waals surface area (Å²) in [5.41, 5.74) is 5.23. The van der Waals surface area contributed by atoms with Crippen molar-refractivity contribution >= 4 is 15.9 Å². The third kappa shape index (κ3) is 8.96. The van der Waals surface area contributed by atoms with Crippen molar-refractivity contribution in [3.63, 3.8) is 0 Å². The Morgan fingerprint density at radius 3 is 1.58 bits per heavy atom. The molecular formula is C27H43BrN2O. The van der Waals surface area contributed by atoms with Crippen molar-refractivity contribution in [3.05, 3.63) is 63.1 Å². The van der Waals surface area contributed by atoms with Gasteiger partial charge in [0.25, 0.3) is 0 Å². The third-order valence-corrected chi connectivity index (χ3v) is 6.36. The molecule has 2 aromatic rings. The second-order valence-corrected chi connectivity index (χ2v) is 9.97. The number of hydrogen-bond donors (Lipinski definition) is 1. The van der Waals surface area contributed by atoms with E-state index in [-0.39, 0.29) is 7.43 Å². The smallest absolute Gasteiger partial charge is 0.119 e. The normalized spacial score (nSPS) is 19.1. The van der Waals surface area contributed by atoms with Gasteiger partial charge < -0.3 is 5.11 Å². The van der Waals surface area contributed by atoms with Crippen LogP contribution in [0.3, 0.4) is 0 Å². The molecule has 0 unspecified atom stereocenters. The first-order valence-electron chi connectivity index (χ1n) is 11.2. The summed E-state index contributed by atoms with van der Waals surface area (Å²) in [4.78, 5) is 5.08. The number of aryl methyl sites for hydroxylation is 2. The SMILES string of the molecule is C.C1CN2CCN1CC2.CC(C)c1cc(Br)ccc1O.Cc1ccc(C)c(C(C)C)c1. The summed E-state index contributed by atoms with van der Waals surface area (Å²) in [5.74, 6) is 1.39. The molecule has 0 atom stereocenters. The number of fused-ring (bicyclic) bond motifs is 3. The molecule has 0 saturated carbocycles. The largest absolute Gasteiger partial charge is 0.508 e. The van der Waals surface area contributed by atoms with E-state index >= 15 is 0 Å². The Hall–Kier alpha value is -1.36. The molecule has 0 amide bonds. The molecule has 174 valence electrons. The number of piperazine rings is 3. The van der Waals surface area contributed by atoms with E-state index in [1.807, 2.05) is 12.1 Å². The molecule has 1 N–H and O–H groups in total. The maximum atomic E-state index is 9.38. The fourth-order valence-corrected chi connectivity index (χ4v) is 4.27. The predicted octanol–water partition coefficient (Wildman–Crippen LogP) is 6.96.